The number of aliphatic hydroxyl groups excluding tert-OH is 1. The molecule has 4 nitrogen and oxygen atoms in total. The number of hydrogen-bond donors (Lipinski definition) is 1. The van der Waals surface area contributed by atoms with E-state index in [2.05, 4.69) is 0 Å². The topological polar surface area (TPSA) is 49.8 Å². The van der Waals surface area contributed by atoms with Gasteiger partial charge in [0.05, 0.1) is 19.2 Å². The summed E-state index contributed by atoms with van der Waals surface area (Å²) in [6, 6.07) is -0.449. The van der Waals surface area contributed by atoms with Gasteiger partial charge in [-0.3, -0.25) is 4.90 Å². The molecule has 1 aliphatic heterocycles. The van der Waals surface area contributed by atoms with Crippen molar-refractivity contribution in [2.24, 2.45) is 0 Å². The fourth-order valence-corrected chi connectivity index (χ4v) is 1.58. The Bertz CT molecular complexity index is 239. The van der Waals surface area contributed by atoms with Gasteiger partial charge >= 0.3 is 6.09 Å². The van der Waals surface area contributed by atoms with Gasteiger partial charge in [-0.15, -0.1) is 0 Å². The van der Waals surface area contributed by atoms with Crippen molar-refractivity contribution in [3.63, 3.8) is 0 Å². The van der Waals surface area contributed by atoms with Gasteiger partial charge in [0.2, 0.25) is 0 Å². The van der Waals surface area contributed by atoms with Crippen molar-refractivity contribution in [2.45, 2.75) is 45.0 Å². The molecule has 88 valence electrons. The summed E-state index contributed by atoms with van der Waals surface area (Å²) in [5.41, 5.74) is -0.592. The van der Waals surface area contributed by atoms with Crippen molar-refractivity contribution < 1.29 is 19.0 Å². The SMILES string of the molecule is CC(C)(C)OC(=O)N1CC(F)C[C@@H]1CO. The normalized spacial score (nSPS) is 26.9. The van der Waals surface area contributed by atoms with Crippen LogP contribution in [-0.2, 0) is 4.74 Å². The first-order valence-electron chi connectivity index (χ1n) is 5.08. The molecule has 0 spiro atoms. The van der Waals surface area contributed by atoms with E-state index in [-0.39, 0.29) is 19.6 Å². The summed E-state index contributed by atoms with van der Waals surface area (Å²) < 4.78 is 18.2. The molecule has 1 heterocycles. The molecule has 15 heavy (non-hydrogen) atoms. The Morgan fingerprint density at radius 2 is 2.20 bits per heavy atom. The molecule has 0 bridgehead atoms. The molecular formula is C10H18FNO3. The Morgan fingerprint density at radius 3 is 2.67 bits per heavy atom. The fourth-order valence-electron chi connectivity index (χ4n) is 1.58. The van der Waals surface area contributed by atoms with Crippen molar-refractivity contribution in [3.05, 3.63) is 0 Å². The summed E-state index contributed by atoms with van der Waals surface area (Å²) in [5, 5.41) is 8.99. The van der Waals surface area contributed by atoms with E-state index >= 15 is 0 Å². The Labute approximate surface area is 89.0 Å². The lowest BCUT2D eigenvalue weighted by Crippen LogP contribution is -2.41. The fraction of sp³-hybridized carbons (Fsp3) is 0.900. The smallest absolute Gasteiger partial charge is 0.410 e. The van der Waals surface area contributed by atoms with Crippen LogP contribution < -0.4 is 0 Å². The number of carbonyl (C=O) groups is 1. The zero-order chi connectivity index (χ0) is 11.6. The lowest BCUT2D eigenvalue weighted by atomic mass is 10.2. The van der Waals surface area contributed by atoms with E-state index in [0.717, 1.165) is 0 Å². The van der Waals surface area contributed by atoms with E-state index < -0.39 is 23.9 Å². The van der Waals surface area contributed by atoms with Gasteiger partial charge in [0, 0.05) is 6.42 Å². The van der Waals surface area contributed by atoms with Gasteiger partial charge in [-0.25, -0.2) is 9.18 Å². The Hall–Kier alpha value is -0.840. The highest BCUT2D eigenvalue weighted by molar-refractivity contribution is 5.69. The number of ether oxygens (including phenoxy) is 1. The molecule has 1 aliphatic rings. The lowest BCUT2D eigenvalue weighted by Gasteiger charge is -2.27. The van der Waals surface area contributed by atoms with Crippen LogP contribution in [-0.4, -0.2) is 47.1 Å². The summed E-state index contributed by atoms with van der Waals surface area (Å²) in [6.07, 6.45) is -1.42. The number of alkyl halides is 1. The van der Waals surface area contributed by atoms with E-state index in [0.29, 0.717) is 0 Å². The lowest BCUT2D eigenvalue weighted by molar-refractivity contribution is 0.0170. The van der Waals surface area contributed by atoms with Gasteiger partial charge in [0.25, 0.3) is 0 Å². The summed E-state index contributed by atoms with van der Waals surface area (Å²) in [4.78, 5) is 12.9. The molecule has 1 unspecified atom stereocenters. The summed E-state index contributed by atoms with van der Waals surface area (Å²) in [7, 11) is 0. The van der Waals surface area contributed by atoms with E-state index in [1.165, 1.54) is 4.90 Å². The van der Waals surface area contributed by atoms with Crippen LogP contribution in [0.3, 0.4) is 0 Å². The van der Waals surface area contributed by atoms with Gasteiger partial charge in [-0.1, -0.05) is 0 Å². The van der Waals surface area contributed by atoms with Crippen LogP contribution in [0.2, 0.25) is 0 Å². The second kappa shape index (κ2) is 4.35. The Kier molecular flexibility index (Phi) is 3.54. The predicted octanol–water partition coefficient (Wildman–Crippen LogP) is 1.33. The molecule has 1 saturated heterocycles. The molecule has 1 rings (SSSR count). The molecule has 1 amide bonds. The number of halogens is 1. The van der Waals surface area contributed by atoms with Crippen LogP contribution in [0, 0.1) is 0 Å². The average molecular weight is 219 g/mol. The Balaban J connectivity index is 2.59. The zero-order valence-electron chi connectivity index (χ0n) is 9.36. The van der Waals surface area contributed by atoms with Gasteiger partial charge in [-0.2, -0.15) is 0 Å². The van der Waals surface area contributed by atoms with Crippen molar-refractivity contribution >= 4 is 6.09 Å². The number of aliphatic hydroxyl groups is 1. The van der Waals surface area contributed by atoms with E-state index in [1.807, 2.05) is 0 Å². The minimum absolute atomic E-state index is 0.0140. The number of nitrogens with zero attached hydrogens (tertiary/aromatic N) is 1. The molecule has 1 N–H and O–H groups in total. The average Bonchev–Trinajstić information content (AvgIpc) is 2.43. The van der Waals surface area contributed by atoms with E-state index in [4.69, 9.17) is 9.84 Å². The third-order valence-corrected chi connectivity index (χ3v) is 2.20. The monoisotopic (exact) mass is 219 g/mol. The van der Waals surface area contributed by atoms with Gasteiger partial charge < -0.3 is 9.84 Å². The van der Waals surface area contributed by atoms with Crippen LogP contribution in [0.25, 0.3) is 0 Å². The van der Waals surface area contributed by atoms with Crippen LogP contribution in [0.4, 0.5) is 9.18 Å². The van der Waals surface area contributed by atoms with Crippen molar-refractivity contribution in [3.8, 4) is 0 Å². The number of hydrogen-bond acceptors (Lipinski definition) is 3. The van der Waals surface area contributed by atoms with Crippen LogP contribution in [0.5, 0.6) is 0 Å². The largest absolute Gasteiger partial charge is 0.444 e. The molecular weight excluding hydrogens is 201 g/mol. The maximum Gasteiger partial charge on any atom is 0.410 e. The minimum Gasteiger partial charge on any atom is -0.444 e. The summed E-state index contributed by atoms with van der Waals surface area (Å²) in [5.74, 6) is 0. The van der Waals surface area contributed by atoms with Gasteiger partial charge in [0.1, 0.15) is 11.8 Å². The second-order valence-corrected chi connectivity index (χ2v) is 4.80. The number of carbonyl (C=O) groups excluding carboxylic acids is 1. The molecule has 0 aromatic heterocycles. The molecule has 0 radical (unpaired) electrons. The third-order valence-electron chi connectivity index (χ3n) is 2.20. The maximum absolute atomic E-state index is 13.0. The number of likely N-dealkylation sites (tertiary alicyclic amines) is 1. The highest BCUT2D eigenvalue weighted by Crippen LogP contribution is 2.22. The zero-order valence-corrected chi connectivity index (χ0v) is 9.36. The first kappa shape index (κ1) is 12.2. The van der Waals surface area contributed by atoms with Crippen LogP contribution in [0.15, 0.2) is 0 Å². The number of amides is 1. The van der Waals surface area contributed by atoms with Crippen LogP contribution >= 0.6 is 0 Å². The van der Waals surface area contributed by atoms with Crippen LogP contribution in [0.1, 0.15) is 27.2 Å². The van der Waals surface area contributed by atoms with Gasteiger partial charge in [0.15, 0.2) is 0 Å². The van der Waals surface area contributed by atoms with E-state index in [1.54, 1.807) is 20.8 Å². The molecule has 0 aliphatic carbocycles. The summed E-state index contributed by atoms with van der Waals surface area (Å²) in [6.45, 7) is 5.05. The molecule has 5 heteroatoms. The Morgan fingerprint density at radius 1 is 1.60 bits per heavy atom. The molecule has 1 fully saturated rings. The number of rotatable bonds is 1. The molecule has 0 saturated carbocycles. The quantitative estimate of drug-likeness (QED) is 0.723. The molecule has 2 atom stereocenters. The van der Waals surface area contributed by atoms with Crippen molar-refractivity contribution in [1.82, 2.24) is 4.90 Å². The van der Waals surface area contributed by atoms with Crippen molar-refractivity contribution in [2.75, 3.05) is 13.2 Å². The van der Waals surface area contributed by atoms with E-state index in [9.17, 15) is 9.18 Å². The predicted molar refractivity (Wildman–Crippen MR) is 53.3 cm³/mol. The highest BCUT2D eigenvalue weighted by atomic mass is 19.1. The first-order valence-corrected chi connectivity index (χ1v) is 5.08. The standard InChI is InChI=1S/C10H18FNO3/c1-10(2,3)15-9(14)12-5-7(11)4-8(12)6-13/h7-8,13H,4-6H2,1-3H3/t7?,8-/m1/s1. The third kappa shape index (κ3) is 3.34. The minimum atomic E-state index is -1.06. The molecule has 0 aromatic rings. The van der Waals surface area contributed by atoms with Crippen molar-refractivity contribution in [1.29, 1.82) is 0 Å². The van der Waals surface area contributed by atoms with Gasteiger partial charge in [-0.05, 0) is 20.8 Å². The second-order valence-electron chi connectivity index (χ2n) is 4.80. The highest BCUT2D eigenvalue weighted by Gasteiger charge is 2.37. The maximum atomic E-state index is 13.0. The first-order chi connectivity index (χ1) is 6.83. The summed E-state index contributed by atoms with van der Waals surface area (Å²) >= 11 is 0. The molecule has 0 aromatic carbocycles.